The molecule has 0 aromatic carbocycles. The fraction of sp³-hybridized carbons (Fsp3) is 0.500. The molecule has 0 fully saturated rings. The highest BCUT2D eigenvalue weighted by Crippen LogP contribution is 2.24. The lowest BCUT2D eigenvalue weighted by Crippen LogP contribution is -2.34. The molecule has 0 bridgehead atoms. The van der Waals surface area contributed by atoms with Gasteiger partial charge in [-0.05, 0) is 20.8 Å². The maximum absolute atomic E-state index is 12.6. The van der Waals surface area contributed by atoms with Crippen LogP contribution in [0.15, 0.2) is 23.5 Å². The van der Waals surface area contributed by atoms with Crippen LogP contribution in [0.3, 0.4) is 0 Å². The van der Waals surface area contributed by atoms with Crippen molar-refractivity contribution in [2.75, 3.05) is 0 Å². The van der Waals surface area contributed by atoms with E-state index < -0.39 is 22.0 Å². The van der Waals surface area contributed by atoms with Gasteiger partial charge in [-0.1, -0.05) is 0 Å². The van der Waals surface area contributed by atoms with Crippen molar-refractivity contribution in [3.05, 3.63) is 29.8 Å². The molecule has 2 aromatic heterocycles. The van der Waals surface area contributed by atoms with E-state index in [-0.39, 0.29) is 24.0 Å². The Balaban J connectivity index is 1.85. The lowest BCUT2D eigenvalue weighted by molar-refractivity contribution is -0.139. The van der Waals surface area contributed by atoms with E-state index in [0.717, 1.165) is 4.09 Å². The second-order valence-corrected chi connectivity index (χ2v) is 7.89. The van der Waals surface area contributed by atoms with Gasteiger partial charge in [-0.25, -0.2) is 0 Å². The van der Waals surface area contributed by atoms with Gasteiger partial charge in [-0.3, -0.25) is 9.48 Å². The molecule has 0 spiro atoms. The first kappa shape index (κ1) is 16.7. The van der Waals surface area contributed by atoms with E-state index in [2.05, 4.69) is 10.2 Å². The molecule has 1 N–H and O–H groups in total. The minimum atomic E-state index is -3.81. The van der Waals surface area contributed by atoms with Crippen LogP contribution in [0.1, 0.15) is 38.1 Å². The van der Waals surface area contributed by atoms with Crippen LogP contribution in [0.25, 0.3) is 0 Å². The SMILES string of the molecule is CC(O)C(=O)N1Cc2cn(S(=O)(=O)c3cnn(C(C)C)c3)nc2C1. The van der Waals surface area contributed by atoms with Crippen molar-refractivity contribution >= 4 is 15.9 Å². The number of aliphatic hydroxyl groups is 1. The number of nitrogens with zero attached hydrogens (tertiary/aromatic N) is 5. The fourth-order valence-electron chi connectivity index (χ4n) is 2.51. The maximum Gasteiger partial charge on any atom is 0.286 e. The van der Waals surface area contributed by atoms with Crippen LogP contribution in [0.4, 0.5) is 0 Å². The number of hydrogen-bond acceptors (Lipinski definition) is 6. The number of hydrogen-bond donors (Lipinski definition) is 1. The average molecular weight is 353 g/mol. The number of amides is 1. The van der Waals surface area contributed by atoms with E-state index >= 15 is 0 Å². The second kappa shape index (κ2) is 5.71. The normalized spacial score (nSPS) is 15.8. The van der Waals surface area contributed by atoms with Crippen LogP contribution in [0, 0.1) is 0 Å². The van der Waals surface area contributed by atoms with E-state index in [1.54, 1.807) is 4.68 Å². The van der Waals surface area contributed by atoms with Gasteiger partial charge in [0.15, 0.2) is 0 Å². The van der Waals surface area contributed by atoms with Crippen LogP contribution in [0.2, 0.25) is 0 Å². The molecule has 0 aliphatic carbocycles. The summed E-state index contributed by atoms with van der Waals surface area (Å²) in [5.41, 5.74) is 1.17. The van der Waals surface area contributed by atoms with Gasteiger partial charge in [-0.15, -0.1) is 0 Å². The first-order valence-corrected chi connectivity index (χ1v) is 8.98. The number of fused-ring (bicyclic) bond motifs is 1. The van der Waals surface area contributed by atoms with Crippen LogP contribution in [-0.2, 0) is 27.9 Å². The molecule has 3 rings (SSSR count). The van der Waals surface area contributed by atoms with E-state index in [4.69, 9.17) is 0 Å². The summed E-state index contributed by atoms with van der Waals surface area (Å²) in [6.45, 7) is 5.63. The van der Waals surface area contributed by atoms with E-state index in [1.165, 1.54) is 30.4 Å². The standard InChI is InChI=1S/C14H19N5O4S/c1-9(2)18-7-12(4-15-18)24(22,23)19-6-11-5-17(8-13(11)16-19)14(21)10(3)20/h4,6-7,9-10,20H,5,8H2,1-3H3. The number of rotatable bonds is 4. The molecule has 0 radical (unpaired) electrons. The zero-order chi connectivity index (χ0) is 17.6. The molecule has 24 heavy (non-hydrogen) atoms. The van der Waals surface area contributed by atoms with Gasteiger partial charge in [0.1, 0.15) is 11.0 Å². The largest absolute Gasteiger partial charge is 0.384 e. The van der Waals surface area contributed by atoms with Gasteiger partial charge in [-0.2, -0.15) is 22.7 Å². The Hall–Kier alpha value is -2.20. The van der Waals surface area contributed by atoms with Crippen LogP contribution >= 0.6 is 0 Å². The predicted molar refractivity (Wildman–Crippen MR) is 83.4 cm³/mol. The lowest BCUT2D eigenvalue weighted by Gasteiger charge is -2.17. The molecule has 1 unspecified atom stereocenters. The van der Waals surface area contributed by atoms with Gasteiger partial charge in [0.25, 0.3) is 15.9 Å². The van der Waals surface area contributed by atoms with Crippen LogP contribution in [-0.4, -0.2) is 49.4 Å². The van der Waals surface area contributed by atoms with Gasteiger partial charge in [0.2, 0.25) is 0 Å². The van der Waals surface area contributed by atoms with Gasteiger partial charge in [0.05, 0.1) is 18.4 Å². The third-order valence-corrected chi connectivity index (χ3v) is 5.36. The van der Waals surface area contributed by atoms with Crippen molar-refractivity contribution in [3.63, 3.8) is 0 Å². The predicted octanol–water partition coefficient (Wildman–Crippen LogP) is 0.120. The second-order valence-electron chi connectivity index (χ2n) is 6.10. The summed E-state index contributed by atoms with van der Waals surface area (Å²) in [5, 5.41) is 17.5. The molecule has 3 heterocycles. The molecule has 0 saturated heterocycles. The summed E-state index contributed by atoms with van der Waals surface area (Å²) < 4.78 is 27.7. The zero-order valence-electron chi connectivity index (χ0n) is 13.6. The van der Waals surface area contributed by atoms with Crippen molar-refractivity contribution in [1.82, 2.24) is 23.9 Å². The third-order valence-electron chi connectivity index (χ3n) is 3.88. The first-order chi connectivity index (χ1) is 11.2. The fourth-order valence-corrected chi connectivity index (χ4v) is 3.62. The van der Waals surface area contributed by atoms with E-state index in [9.17, 15) is 18.3 Å². The summed E-state index contributed by atoms with van der Waals surface area (Å²) in [4.78, 5) is 13.3. The minimum Gasteiger partial charge on any atom is -0.384 e. The number of carbonyl (C=O) groups excluding carboxylic acids is 1. The molecule has 1 aliphatic rings. The molecule has 1 aliphatic heterocycles. The summed E-state index contributed by atoms with van der Waals surface area (Å²) in [5.74, 6) is -0.402. The Labute approximate surface area is 139 Å². The Bertz CT molecular complexity index is 857. The maximum atomic E-state index is 12.6. The number of aromatic nitrogens is 4. The minimum absolute atomic E-state index is 0.0524. The third kappa shape index (κ3) is 2.71. The van der Waals surface area contributed by atoms with Gasteiger partial charge in [0, 0.05) is 30.5 Å². The number of carbonyl (C=O) groups is 1. The van der Waals surface area contributed by atoms with Crippen molar-refractivity contribution in [2.45, 2.75) is 50.9 Å². The smallest absolute Gasteiger partial charge is 0.286 e. The molecule has 130 valence electrons. The lowest BCUT2D eigenvalue weighted by atomic mass is 10.3. The Morgan fingerprint density at radius 3 is 2.50 bits per heavy atom. The molecular formula is C14H19N5O4S. The van der Waals surface area contributed by atoms with Gasteiger partial charge < -0.3 is 10.0 Å². The first-order valence-electron chi connectivity index (χ1n) is 7.54. The molecule has 9 nitrogen and oxygen atoms in total. The summed E-state index contributed by atoms with van der Waals surface area (Å²) >= 11 is 0. The molecule has 0 saturated carbocycles. The Kier molecular flexibility index (Phi) is 3.96. The van der Waals surface area contributed by atoms with Crippen molar-refractivity contribution < 1.29 is 18.3 Å². The van der Waals surface area contributed by atoms with Crippen LogP contribution in [0.5, 0.6) is 0 Å². The average Bonchev–Trinajstić information content (AvgIpc) is 3.19. The molecule has 1 amide bonds. The number of aliphatic hydroxyl groups excluding tert-OH is 1. The van der Waals surface area contributed by atoms with Crippen LogP contribution < -0.4 is 0 Å². The van der Waals surface area contributed by atoms with Crippen molar-refractivity contribution in [2.24, 2.45) is 0 Å². The Morgan fingerprint density at radius 1 is 1.25 bits per heavy atom. The van der Waals surface area contributed by atoms with Gasteiger partial charge >= 0.3 is 0 Å². The monoisotopic (exact) mass is 353 g/mol. The zero-order valence-corrected chi connectivity index (χ0v) is 14.4. The summed E-state index contributed by atoms with van der Waals surface area (Å²) in [7, 11) is -3.81. The molecule has 1 atom stereocenters. The van der Waals surface area contributed by atoms with Crippen molar-refractivity contribution in [3.8, 4) is 0 Å². The topological polar surface area (TPSA) is 110 Å². The highest BCUT2D eigenvalue weighted by Gasteiger charge is 2.31. The van der Waals surface area contributed by atoms with E-state index in [0.29, 0.717) is 11.3 Å². The molecular weight excluding hydrogens is 334 g/mol. The highest BCUT2D eigenvalue weighted by molar-refractivity contribution is 7.89. The van der Waals surface area contributed by atoms with Crippen molar-refractivity contribution in [1.29, 1.82) is 0 Å². The quantitative estimate of drug-likeness (QED) is 0.836. The summed E-state index contributed by atoms with van der Waals surface area (Å²) in [6, 6.07) is 0.0524. The highest BCUT2D eigenvalue weighted by atomic mass is 32.2. The van der Waals surface area contributed by atoms with E-state index in [1.807, 2.05) is 13.8 Å². The Morgan fingerprint density at radius 2 is 1.96 bits per heavy atom. The summed E-state index contributed by atoms with van der Waals surface area (Å²) in [6.07, 6.45) is 3.08. The molecule has 2 aromatic rings. The molecule has 10 heteroatoms.